The highest BCUT2D eigenvalue weighted by molar-refractivity contribution is 5.79. The summed E-state index contributed by atoms with van der Waals surface area (Å²) in [5.41, 5.74) is 5.40. The van der Waals surface area contributed by atoms with Gasteiger partial charge in [0.25, 0.3) is 0 Å². The van der Waals surface area contributed by atoms with E-state index in [0.717, 1.165) is 19.5 Å². The van der Waals surface area contributed by atoms with Crippen molar-refractivity contribution in [2.75, 3.05) is 26.8 Å². The zero-order chi connectivity index (χ0) is 14.1. The molecule has 3 N–H and O–H groups in total. The molecule has 2 atom stereocenters. The highest BCUT2D eigenvalue weighted by atomic mass is 16.5. The number of nitrogens with zero attached hydrogens (tertiary/aromatic N) is 1. The molecule has 18 heavy (non-hydrogen) atoms. The highest BCUT2D eigenvalue weighted by Gasteiger charge is 2.19. The number of primary amides is 1. The number of nitrogens with one attached hydrogen (secondary N) is 1. The number of hydrogen-bond donors (Lipinski definition) is 2. The molecule has 0 saturated heterocycles. The smallest absolute Gasteiger partial charge is 0.234 e. The van der Waals surface area contributed by atoms with Crippen LogP contribution in [-0.4, -0.2) is 55.7 Å². The van der Waals surface area contributed by atoms with Crippen molar-refractivity contribution >= 4 is 5.91 Å². The van der Waals surface area contributed by atoms with Crippen molar-refractivity contribution in [1.29, 1.82) is 0 Å². The largest absolute Gasteiger partial charge is 0.383 e. The standard InChI is InChI=1S/C13H29N3O2/c1-6-16(11(4)9-18-5)8-7-12(13(14)17)15-10(2)3/h10-12,15H,6-9H2,1-5H3,(H2,14,17). The second-order valence-electron chi connectivity index (χ2n) is 5.00. The van der Waals surface area contributed by atoms with Crippen LogP contribution in [-0.2, 0) is 9.53 Å². The molecule has 0 aliphatic heterocycles. The number of methoxy groups -OCH3 is 1. The summed E-state index contributed by atoms with van der Waals surface area (Å²) in [5, 5.41) is 3.20. The Kier molecular flexibility index (Phi) is 8.97. The van der Waals surface area contributed by atoms with Gasteiger partial charge in [-0.3, -0.25) is 9.69 Å². The summed E-state index contributed by atoms with van der Waals surface area (Å²) in [5.74, 6) is -0.279. The summed E-state index contributed by atoms with van der Waals surface area (Å²) < 4.78 is 5.16. The van der Waals surface area contributed by atoms with E-state index in [4.69, 9.17) is 10.5 Å². The van der Waals surface area contributed by atoms with E-state index in [9.17, 15) is 4.79 Å². The van der Waals surface area contributed by atoms with Gasteiger partial charge in [-0.1, -0.05) is 20.8 Å². The second-order valence-corrected chi connectivity index (χ2v) is 5.00. The predicted molar refractivity (Wildman–Crippen MR) is 74.5 cm³/mol. The molecule has 0 aromatic rings. The van der Waals surface area contributed by atoms with Gasteiger partial charge < -0.3 is 15.8 Å². The van der Waals surface area contributed by atoms with Crippen LogP contribution in [0.1, 0.15) is 34.1 Å². The van der Waals surface area contributed by atoms with E-state index in [-0.39, 0.29) is 18.0 Å². The number of ether oxygens (including phenoxy) is 1. The molecule has 0 spiro atoms. The van der Waals surface area contributed by atoms with E-state index in [2.05, 4.69) is 24.1 Å². The van der Waals surface area contributed by atoms with E-state index >= 15 is 0 Å². The Labute approximate surface area is 111 Å². The molecule has 5 nitrogen and oxygen atoms in total. The third-order valence-corrected chi connectivity index (χ3v) is 3.02. The van der Waals surface area contributed by atoms with Crippen molar-refractivity contribution in [3.05, 3.63) is 0 Å². The van der Waals surface area contributed by atoms with Crippen LogP contribution >= 0.6 is 0 Å². The Balaban J connectivity index is 4.25. The lowest BCUT2D eigenvalue weighted by Crippen LogP contribution is -2.47. The first kappa shape index (κ1) is 17.4. The molecule has 0 saturated carbocycles. The van der Waals surface area contributed by atoms with Crippen LogP contribution in [0.3, 0.4) is 0 Å². The van der Waals surface area contributed by atoms with Gasteiger partial charge in [-0.25, -0.2) is 0 Å². The van der Waals surface area contributed by atoms with Crippen molar-refractivity contribution in [2.24, 2.45) is 5.73 Å². The second kappa shape index (κ2) is 9.30. The zero-order valence-corrected chi connectivity index (χ0v) is 12.4. The van der Waals surface area contributed by atoms with Crippen molar-refractivity contribution in [3.63, 3.8) is 0 Å². The van der Waals surface area contributed by atoms with E-state index in [1.54, 1.807) is 7.11 Å². The molecule has 0 aliphatic rings. The van der Waals surface area contributed by atoms with Gasteiger partial charge in [0.05, 0.1) is 12.6 Å². The first-order chi connectivity index (χ1) is 8.42. The van der Waals surface area contributed by atoms with E-state index in [1.807, 2.05) is 13.8 Å². The zero-order valence-electron chi connectivity index (χ0n) is 12.4. The average molecular weight is 259 g/mol. The van der Waals surface area contributed by atoms with Gasteiger partial charge in [0.15, 0.2) is 0 Å². The van der Waals surface area contributed by atoms with Gasteiger partial charge in [-0.15, -0.1) is 0 Å². The SMILES string of the molecule is CCN(CCC(NC(C)C)C(N)=O)C(C)COC. The highest BCUT2D eigenvalue weighted by Crippen LogP contribution is 2.03. The fraction of sp³-hybridized carbons (Fsp3) is 0.923. The summed E-state index contributed by atoms with van der Waals surface area (Å²) in [7, 11) is 1.71. The molecular weight excluding hydrogens is 230 g/mol. The van der Waals surface area contributed by atoms with Gasteiger partial charge in [0.2, 0.25) is 5.91 Å². The van der Waals surface area contributed by atoms with E-state index < -0.39 is 0 Å². The monoisotopic (exact) mass is 259 g/mol. The summed E-state index contributed by atoms with van der Waals surface area (Å²) >= 11 is 0. The number of amides is 1. The lowest BCUT2D eigenvalue weighted by atomic mass is 10.1. The van der Waals surface area contributed by atoms with Crippen molar-refractivity contribution in [3.8, 4) is 0 Å². The van der Waals surface area contributed by atoms with E-state index in [1.165, 1.54) is 0 Å². The fourth-order valence-electron chi connectivity index (χ4n) is 2.04. The van der Waals surface area contributed by atoms with Gasteiger partial charge >= 0.3 is 0 Å². The number of carbonyl (C=O) groups is 1. The topological polar surface area (TPSA) is 67.6 Å². The predicted octanol–water partition coefficient (Wildman–Crippen LogP) is 0.585. The molecule has 1 amide bonds. The molecule has 0 radical (unpaired) electrons. The van der Waals surface area contributed by atoms with Gasteiger partial charge in [-0.2, -0.15) is 0 Å². The molecule has 0 heterocycles. The van der Waals surface area contributed by atoms with Crippen molar-refractivity contribution in [1.82, 2.24) is 10.2 Å². The van der Waals surface area contributed by atoms with Crippen LogP contribution in [0.15, 0.2) is 0 Å². The summed E-state index contributed by atoms with van der Waals surface area (Å²) in [6, 6.07) is 0.357. The summed E-state index contributed by atoms with van der Waals surface area (Å²) in [6.07, 6.45) is 0.732. The molecule has 0 aromatic carbocycles. The molecule has 5 heteroatoms. The van der Waals surface area contributed by atoms with Crippen molar-refractivity contribution in [2.45, 2.75) is 52.2 Å². The minimum atomic E-state index is -0.279. The minimum Gasteiger partial charge on any atom is -0.383 e. The van der Waals surface area contributed by atoms with Gasteiger partial charge in [-0.05, 0) is 19.9 Å². The normalized spacial score (nSPS) is 15.1. The van der Waals surface area contributed by atoms with Crippen LogP contribution in [0, 0.1) is 0 Å². The first-order valence-electron chi connectivity index (χ1n) is 6.70. The Morgan fingerprint density at radius 3 is 2.39 bits per heavy atom. The summed E-state index contributed by atoms with van der Waals surface area (Å²) in [6.45, 7) is 10.8. The number of hydrogen-bond acceptors (Lipinski definition) is 4. The molecule has 108 valence electrons. The van der Waals surface area contributed by atoms with Crippen LogP contribution in [0.5, 0.6) is 0 Å². The summed E-state index contributed by atoms with van der Waals surface area (Å²) in [4.78, 5) is 13.6. The minimum absolute atomic E-state index is 0.256. The Bertz CT molecular complexity index is 234. The number of likely N-dealkylation sites (N-methyl/N-ethyl adjacent to an activating group) is 1. The molecule has 0 fully saturated rings. The molecule has 0 aromatic heterocycles. The maximum absolute atomic E-state index is 11.3. The molecule has 0 rings (SSSR count). The molecular formula is C13H29N3O2. The maximum Gasteiger partial charge on any atom is 0.234 e. The van der Waals surface area contributed by atoms with Crippen LogP contribution in [0.2, 0.25) is 0 Å². The molecule has 0 bridgehead atoms. The van der Waals surface area contributed by atoms with Gasteiger partial charge in [0, 0.05) is 25.7 Å². The lowest BCUT2D eigenvalue weighted by Gasteiger charge is -2.29. The number of rotatable bonds is 10. The van der Waals surface area contributed by atoms with Crippen molar-refractivity contribution < 1.29 is 9.53 Å². The third-order valence-electron chi connectivity index (χ3n) is 3.02. The van der Waals surface area contributed by atoms with Gasteiger partial charge in [0.1, 0.15) is 0 Å². The lowest BCUT2D eigenvalue weighted by molar-refractivity contribution is -0.120. The maximum atomic E-state index is 11.3. The first-order valence-corrected chi connectivity index (χ1v) is 6.70. The Hall–Kier alpha value is -0.650. The average Bonchev–Trinajstić information content (AvgIpc) is 2.27. The van der Waals surface area contributed by atoms with Crippen LogP contribution in [0.4, 0.5) is 0 Å². The van der Waals surface area contributed by atoms with Crippen LogP contribution in [0.25, 0.3) is 0 Å². The molecule has 2 unspecified atom stereocenters. The number of nitrogens with two attached hydrogens (primary N) is 1. The van der Waals surface area contributed by atoms with Crippen LogP contribution < -0.4 is 11.1 Å². The fourth-order valence-corrected chi connectivity index (χ4v) is 2.04. The van der Waals surface area contributed by atoms with E-state index in [0.29, 0.717) is 12.6 Å². The molecule has 0 aliphatic carbocycles. The Morgan fingerprint density at radius 2 is 2.00 bits per heavy atom. The number of carbonyl (C=O) groups excluding carboxylic acids is 1. The quantitative estimate of drug-likeness (QED) is 0.602. The third kappa shape index (κ3) is 6.93. The Morgan fingerprint density at radius 1 is 1.39 bits per heavy atom.